The summed E-state index contributed by atoms with van der Waals surface area (Å²) in [6.45, 7) is 4.80. The fraction of sp³-hybridized carbons (Fsp3) is 0.579. The smallest absolute Gasteiger partial charge is 0.240 e. The van der Waals surface area contributed by atoms with Gasteiger partial charge in [-0.3, -0.25) is 4.79 Å². The molecule has 1 fully saturated rings. The quantitative estimate of drug-likeness (QED) is 0.788. The zero-order valence-electron chi connectivity index (χ0n) is 14.1. The predicted molar refractivity (Wildman–Crippen MR) is 92.0 cm³/mol. The van der Waals surface area contributed by atoms with E-state index < -0.39 is 0 Å². The third-order valence-electron chi connectivity index (χ3n) is 4.41. The molecule has 0 aliphatic carbocycles. The molecule has 1 aromatic carbocycles. The van der Waals surface area contributed by atoms with Crippen LogP contribution < -0.4 is 5.32 Å². The maximum absolute atomic E-state index is 12.8. The van der Waals surface area contributed by atoms with Gasteiger partial charge in [0.1, 0.15) is 0 Å². The maximum Gasteiger partial charge on any atom is 0.240 e. The van der Waals surface area contributed by atoms with Gasteiger partial charge in [-0.15, -0.1) is 0 Å². The van der Waals surface area contributed by atoms with Crippen LogP contribution in [0, 0.1) is 11.3 Å². The number of nitrogens with one attached hydrogen (secondary N) is 1. The van der Waals surface area contributed by atoms with E-state index in [-0.39, 0.29) is 11.9 Å². The minimum Gasteiger partial charge on any atom is -0.341 e. The molecule has 1 atom stereocenters. The lowest BCUT2D eigenvalue weighted by molar-refractivity contribution is -0.134. The molecule has 1 saturated heterocycles. The molecule has 4 nitrogen and oxygen atoms in total. The van der Waals surface area contributed by atoms with Crippen LogP contribution in [-0.2, 0) is 11.2 Å². The second-order valence-corrected chi connectivity index (χ2v) is 6.26. The van der Waals surface area contributed by atoms with Crippen molar-refractivity contribution < 1.29 is 4.79 Å². The molecule has 0 aromatic heterocycles. The van der Waals surface area contributed by atoms with E-state index >= 15 is 0 Å². The molecular weight excluding hydrogens is 286 g/mol. The molecule has 1 N–H and O–H groups in total. The maximum atomic E-state index is 12.8. The molecule has 23 heavy (non-hydrogen) atoms. The van der Waals surface area contributed by atoms with E-state index in [2.05, 4.69) is 18.3 Å². The first-order valence-electron chi connectivity index (χ1n) is 8.75. The highest BCUT2D eigenvalue weighted by molar-refractivity contribution is 5.82. The largest absolute Gasteiger partial charge is 0.341 e. The van der Waals surface area contributed by atoms with E-state index in [1.54, 1.807) is 0 Å². The second-order valence-electron chi connectivity index (χ2n) is 6.26. The monoisotopic (exact) mass is 313 g/mol. The van der Waals surface area contributed by atoms with Crippen molar-refractivity contribution in [3.63, 3.8) is 0 Å². The number of hydrogen-bond donors (Lipinski definition) is 1. The molecule has 0 saturated carbocycles. The highest BCUT2D eigenvalue weighted by Gasteiger charge is 2.25. The Morgan fingerprint density at radius 1 is 1.26 bits per heavy atom. The van der Waals surface area contributed by atoms with Gasteiger partial charge in [0, 0.05) is 13.1 Å². The van der Waals surface area contributed by atoms with E-state index in [1.165, 1.54) is 6.42 Å². The van der Waals surface area contributed by atoms with Crippen LogP contribution in [-0.4, -0.2) is 36.5 Å². The SMILES string of the molecule is CCCCN[C@@H](Cc1ccc(C#N)cc1)C(=O)N1CCCCC1. The van der Waals surface area contributed by atoms with Crippen LogP contribution >= 0.6 is 0 Å². The topological polar surface area (TPSA) is 56.1 Å². The number of nitrogens with zero attached hydrogens (tertiary/aromatic N) is 2. The fourth-order valence-electron chi connectivity index (χ4n) is 2.99. The highest BCUT2D eigenvalue weighted by Crippen LogP contribution is 2.13. The van der Waals surface area contributed by atoms with Crippen molar-refractivity contribution in [2.75, 3.05) is 19.6 Å². The summed E-state index contributed by atoms with van der Waals surface area (Å²) in [7, 11) is 0. The fourth-order valence-corrected chi connectivity index (χ4v) is 2.99. The Hall–Kier alpha value is -1.86. The van der Waals surface area contributed by atoms with E-state index in [1.807, 2.05) is 29.2 Å². The molecule has 0 bridgehead atoms. The zero-order valence-corrected chi connectivity index (χ0v) is 14.1. The summed E-state index contributed by atoms with van der Waals surface area (Å²) in [4.78, 5) is 14.8. The minimum atomic E-state index is -0.160. The Balaban J connectivity index is 2.02. The van der Waals surface area contributed by atoms with E-state index in [0.717, 1.165) is 50.9 Å². The molecule has 0 radical (unpaired) electrons. The number of benzene rings is 1. The Bertz CT molecular complexity index is 527. The zero-order chi connectivity index (χ0) is 16.5. The summed E-state index contributed by atoms with van der Waals surface area (Å²) >= 11 is 0. The molecule has 4 heteroatoms. The van der Waals surface area contributed by atoms with Gasteiger partial charge in [0.2, 0.25) is 5.91 Å². The minimum absolute atomic E-state index is 0.160. The van der Waals surface area contributed by atoms with Crippen LogP contribution in [0.1, 0.15) is 50.2 Å². The number of carbonyl (C=O) groups excluding carboxylic acids is 1. The first kappa shape index (κ1) is 17.5. The molecule has 0 spiro atoms. The first-order chi connectivity index (χ1) is 11.2. The van der Waals surface area contributed by atoms with Crippen molar-refractivity contribution in [2.45, 2.75) is 51.5 Å². The Morgan fingerprint density at radius 2 is 1.96 bits per heavy atom. The number of piperidine rings is 1. The molecule has 2 rings (SSSR count). The van der Waals surface area contributed by atoms with Gasteiger partial charge in [0.05, 0.1) is 17.7 Å². The summed E-state index contributed by atoms with van der Waals surface area (Å²) < 4.78 is 0. The molecule has 1 aliphatic rings. The van der Waals surface area contributed by atoms with Gasteiger partial charge in [0.25, 0.3) is 0 Å². The summed E-state index contributed by atoms with van der Waals surface area (Å²) in [6.07, 6.45) is 6.35. The lowest BCUT2D eigenvalue weighted by Gasteiger charge is -2.31. The van der Waals surface area contributed by atoms with Gasteiger partial charge in [-0.1, -0.05) is 25.5 Å². The highest BCUT2D eigenvalue weighted by atomic mass is 16.2. The average molecular weight is 313 g/mol. The Morgan fingerprint density at radius 3 is 2.57 bits per heavy atom. The van der Waals surface area contributed by atoms with Crippen molar-refractivity contribution >= 4 is 5.91 Å². The van der Waals surface area contributed by atoms with Crippen LogP contribution in [0.15, 0.2) is 24.3 Å². The molecule has 0 unspecified atom stereocenters. The third-order valence-corrected chi connectivity index (χ3v) is 4.41. The predicted octanol–water partition coefficient (Wildman–Crippen LogP) is 2.87. The summed E-state index contributed by atoms with van der Waals surface area (Å²) in [5.41, 5.74) is 1.76. The normalized spacial score (nSPS) is 15.9. The molecule has 1 heterocycles. The number of rotatable bonds is 7. The van der Waals surface area contributed by atoms with Crippen LogP contribution in [0.2, 0.25) is 0 Å². The lowest BCUT2D eigenvalue weighted by atomic mass is 10.0. The van der Waals surface area contributed by atoms with Gasteiger partial charge >= 0.3 is 0 Å². The average Bonchev–Trinajstić information content (AvgIpc) is 2.62. The van der Waals surface area contributed by atoms with E-state index in [4.69, 9.17) is 5.26 Å². The Labute approximate surface area is 139 Å². The summed E-state index contributed by atoms with van der Waals surface area (Å²) in [5, 5.41) is 12.3. The molecule has 1 aromatic rings. The van der Waals surface area contributed by atoms with Crippen LogP contribution in [0.5, 0.6) is 0 Å². The van der Waals surface area contributed by atoms with Crippen molar-refractivity contribution in [3.05, 3.63) is 35.4 Å². The number of hydrogen-bond acceptors (Lipinski definition) is 3. The molecule has 1 amide bonds. The van der Waals surface area contributed by atoms with Crippen molar-refractivity contribution in [3.8, 4) is 6.07 Å². The van der Waals surface area contributed by atoms with Crippen molar-refractivity contribution in [2.24, 2.45) is 0 Å². The standard InChI is InChI=1S/C19H27N3O/c1-2-3-11-21-18(19(23)22-12-5-4-6-13-22)14-16-7-9-17(15-20)10-8-16/h7-10,18,21H,2-6,11-14H2,1H3/t18-/m0/s1. The van der Waals surface area contributed by atoms with E-state index in [9.17, 15) is 4.79 Å². The van der Waals surface area contributed by atoms with Gasteiger partial charge in [0.15, 0.2) is 0 Å². The summed E-state index contributed by atoms with van der Waals surface area (Å²) in [5.74, 6) is 0.227. The number of likely N-dealkylation sites (tertiary alicyclic amines) is 1. The van der Waals surface area contributed by atoms with Gasteiger partial charge < -0.3 is 10.2 Å². The van der Waals surface area contributed by atoms with Crippen molar-refractivity contribution in [1.82, 2.24) is 10.2 Å². The number of carbonyl (C=O) groups is 1. The van der Waals surface area contributed by atoms with Gasteiger partial charge in [-0.25, -0.2) is 0 Å². The first-order valence-corrected chi connectivity index (χ1v) is 8.75. The van der Waals surface area contributed by atoms with E-state index in [0.29, 0.717) is 12.0 Å². The second kappa shape index (κ2) is 9.32. The number of nitriles is 1. The summed E-state index contributed by atoms with van der Waals surface area (Å²) in [6, 6.07) is 9.53. The van der Waals surface area contributed by atoms with Gasteiger partial charge in [-0.2, -0.15) is 5.26 Å². The Kier molecular flexibility index (Phi) is 7.09. The van der Waals surface area contributed by atoms with Gasteiger partial charge in [-0.05, 0) is 56.3 Å². The third kappa shape index (κ3) is 5.37. The lowest BCUT2D eigenvalue weighted by Crippen LogP contribution is -2.49. The number of amides is 1. The van der Waals surface area contributed by atoms with Crippen molar-refractivity contribution in [1.29, 1.82) is 5.26 Å². The number of unbranched alkanes of at least 4 members (excludes halogenated alkanes) is 1. The van der Waals surface area contributed by atoms with Crippen LogP contribution in [0.4, 0.5) is 0 Å². The molecule has 1 aliphatic heterocycles. The van der Waals surface area contributed by atoms with Crippen LogP contribution in [0.25, 0.3) is 0 Å². The molecular formula is C19H27N3O. The van der Waals surface area contributed by atoms with Crippen LogP contribution in [0.3, 0.4) is 0 Å². The molecule has 124 valence electrons.